The van der Waals surface area contributed by atoms with Gasteiger partial charge in [-0.3, -0.25) is 0 Å². The molecule has 1 saturated heterocycles. The Labute approximate surface area is 110 Å². The highest BCUT2D eigenvalue weighted by Gasteiger charge is 2.14. The largest absolute Gasteiger partial charge is 0.367 e. The Balaban J connectivity index is 2.14. The van der Waals surface area contributed by atoms with Crippen molar-refractivity contribution in [2.45, 2.75) is 52.5 Å². The molecule has 1 atom stereocenters. The summed E-state index contributed by atoms with van der Waals surface area (Å²) in [5.41, 5.74) is 0. The van der Waals surface area contributed by atoms with Gasteiger partial charge < -0.3 is 10.2 Å². The molecule has 1 aliphatic heterocycles. The third kappa shape index (κ3) is 3.34. The zero-order valence-corrected chi connectivity index (χ0v) is 11.7. The predicted molar refractivity (Wildman–Crippen MR) is 76.2 cm³/mol. The van der Waals surface area contributed by atoms with Gasteiger partial charge in [-0.2, -0.15) is 0 Å². The first kappa shape index (κ1) is 13.1. The maximum Gasteiger partial charge on any atom is 0.134 e. The molecular formula is C14H24N4. The first-order valence-electron chi connectivity index (χ1n) is 7.06. The number of nitrogens with zero attached hydrogens (tertiary/aromatic N) is 3. The average Bonchev–Trinajstić information content (AvgIpc) is 2.39. The molecule has 100 valence electrons. The van der Waals surface area contributed by atoms with Crippen LogP contribution in [0.15, 0.2) is 6.07 Å². The maximum atomic E-state index is 4.57. The molecule has 4 heteroatoms. The van der Waals surface area contributed by atoms with E-state index in [9.17, 15) is 0 Å². The Hall–Kier alpha value is -1.32. The Kier molecular flexibility index (Phi) is 4.39. The second kappa shape index (κ2) is 6.03. The van der Waals surface area contributed by atoms with Crippen molar-refractivity contribution < 1.29 is 0 Å². The number of piperidine rings is 1. The predicted octanol–water partition coefficient (Wildman–Crippen LogP) is 2.99. The van der Waals surface area contributed by atoms with Crippen LogP contribution in [0.1, 0.15) is 45.4 Å². The van der Waals surface area contributed by atoms with Gasteiger partial charge in [0, 0.05) is 25.2 Å². The second-order valence-electron chi connectivity index (χ2n) is 5.16. The average molecular weight is 248 g/mol. The van der Waals surface area contributed by atoms with Crippen molar-refractivity contribution >= 4 is 11.6 Å². The van der Waals surface area contributed by atoms with Crippen molar-refractivity contribution in [3.8, 4) is 0 Å². The zero-order valence-electron chi connectivity index (χ0n) is 11.7. The number of hydrogen-bond donors (Lipinski definition) is 1. The highest BCUT2D eigenvalue weighted by atomic mass is 15.2. The smallest absolute Gasteiger partial charge is 0.134 e. The van der Waals surface area contributed by atoms with Crippen molar-refractivity contribution in [3.05, 3.63) is 11.9 Å². The van der Waals surface area contributed by atoms with Crippen molar-refractivity contribution in [1.82, 2.24) is 9.97 Å². The summed E-state index contributed by atoms with van der Waals surface area (Å²) < 4.78 is 0. The lowest BCUT2D eigenvalue weighted by Gasteiger charge is -2.28. The molecule has 0 bridgehead atoms. The van der Waals surface area contributed by atoms with E-state index in [1.54, 1.807) is 0 Å². The zero-order chi connectivity index (χ0) is 13.0. The number of hydrogen-bond acceptors (Lipinski definition) is 4. The van der Waals surface area contributed by atoms with Gasteiger partial charge in [0.1, 0.15) is 17.5 Å². The topological polar surface area (TPSA) is 41.0 Å². The minimum atomic E-state index is 0.452. The molecule has 0 amide bonds. The summed E-state index contributed by atoms with van der Waals surface area (Å²) >= 11 is 0. The molecule has 0 saturated carbocycles. The van der Waals surface area contributed by atoms with Gasteiger partial charge in [-0.25, -0.2) is 9.97 Å². The summed E-state index contributed by atoms with van der Waals surface area (Å²) in [5, 5.41) is 3.43. The van der Waals surface area contributed by atoms with Crippen LogP contribution in [0.2, 0.25) is 0 Å². The fourth-order valence-electron chi connectivity index (χ4n) is 2.27. The monoisotopic (exact) mass is 248 g/mol. The molecule has 0 aliphatic carbocycles. The SMILES string of the molecule is CCC(C)Nc1cc(N2CCCCC2)nc(C)n1. The van der Waals surface area contributed by atoms with Crippen LogP contribution in [-0.4, -0.2) is 29.1 Å². The summed E-state index contributed by atoms with van der Waals surface area (Å²) in [7, 11) is 0. The normalized spacial score (nSPS) is 17.6. The maximum absolute atomic E-state index is 4.57. The first-order chi connectivity index (χ1) is 8.69. The molecule has 1 aromatic heterocycles. The van der Waals surface area contributed by atoms with Crippen molar-refractivity contribution in [3.63, 3.8) is 0 Å². The molecule has 2 rings (SSSR count). The van der Waals surface area contributed by atoms with E-state index in [-0.39, 0.29) is 0 Å². The standard InChI is InChI=1S/C14H24N4/c1-4-11(2)15-13-10-14(17-12(3)16-13)18-8-6-5-7-9-18/h10-11H,4-9H2,1-3H3,(H,15,16,17). The van der Waals surface area contributed by atoms with Crippen LogP contribution >= 0.6 is 0 Å². The van der Waals surface area contributed by atoms with Crippen LogP contribution in [0.25, 0.3) is 0 Å². The van der Waals surface area contributed by atoms with E-state index < -0.39 is 0 Å². The van der Waals surface area contributed by atoms with Crippen LogP contribution < -0.4 is 10.2 Å². The van der Waals surface area contributed by atoms with Crippen LogP contribution in [0.4, 0.5) is 11.6 Å². The highest BCUT2D eigenvalue weighted by Crippen LogP contribution is 2.20. The lowest BCUT2D eigenvalue weighted by atomic mass is 10.1. The summed E-state index contributed by atoms with van der Waals surface area (Å²) in [6.45, 7) is 8.57. The van der Waals surface area contributed by atoms with E-state index in [1.165, 1.54) is 19.3 Å². The number of nitrogens with one attached hydrogen (secondary N) is 1. The molecule has 1 fully saturated rings. The molecule has 0 radical (unpaired) electrons. The number of aromatic nitrogens is 2. The molecule has 4 nitrogen and oxygen atoms in total. The Morgan fingerprint density at radius 1 is 1.28 bits per heavy atom. The van der Waals surface area contributed by atoms with E-state index in [1.807, 2.05) is 6.92 Å². The first-order valence-corrected chi connectivity index (χ1v) is 7.06. The Bertz CT molecular complexity index is 385. The number of rotatable bonds is 4. The Morgan fingerprint density at radius 3 is 2.67 bits per heavy atom. The third-order valence-electron chi connectivity index (χ3n) is 3.51. The lowest BCUT2D eigenvalue weighted by Crippen LogP contribution is -2.30. The van der Waals surface area contributed by atoms with Crippen LogP contribution in [0, 0.1) is 6.92 Å². The highest BCUT2D eigenvalue weighted by molar-refractivity contribution is 5.50. The molecule has 0 spiro atoms. The molecule has 1 aliphatic rings. The van der Waals surface area contributed by atoms with Crippen molar-refractivity contribution in [2.75, 3.05) is 23.3 Å². The summed E-state index contributed by atoms with van der Waals surface area (Å²) in [5.74, 6) is 2.88. The van der Waals surface area contributed by atoms with Gasteiger partial charge in [-0.15, -0.1) is 0 Å². The van der Waals surface area contributed by atoms with Crippen LogP contribution in [-0.2, 0) is 0 Å². The van der Waals surface area contributed by atoms with Gasteiger partial charge in [-0.1, -0.05) is 6.92 Å². The van der Waals surface area contributed by atoms with E-state index in [4.69, 9.17) is 0 Å². The molecule has 1 aromatic rings. The fraction of sp³-hybridized carbons (Fsp3) is 0.714. The van der Waals surface area contributed by atoms with Crippen molar-refractivity contribution in [2.24, 2.45) is 0 Å². The van der Waals surface area contributed by atoms with Crippen LogP contribution in [0.3, 0.4) is 0 Å². The number of anilines is 2. The molecular weight excluding hydrogens is 224 g/mol. The van der Waals surface area contributed by atoms with E-state index >= 15 is 0 Å². The fourth-order valence-corrected chi connectivity index (χ4v) is 2.27. The van der Waals surface area contributed by atoms with Gasteiger partial charge in [0.05, 0.1) is 0 Å². The van der Waals surface area contributed by atoms with Gasteiger partial charge in [0.2, 0.25) is 0 Å². The van der Waals surface area contributed by atoms with Crippen LogP contribution in [0.5, 0.6) is 0 Å². The van der Waals surface area contributed by atoms with E-state index in [2.05, 4.69) is 40.1 Å². The summed E-state index contributed by atoms with van der Waals surface area (Å²) in [6.07, 6.45) is 5.00. The minimum Gasteiger partial charge on any atom is -0.367 e. The van der Waals surface area contributed by atoms with Gasteiger partial charge in [0.15, 0.2) is 0 Å². The number of aryl methyl sites for hydroxylation is 1. The molecule has 18 heavy (non-hydrogen) atoms. The molecule has 1 unspecified atom stereocenters. The second-order valence-corrected chi connectivity index (χ2v) is 5.16. The lowest BCUT2D eigenvalue weighted by molar-refractivity contribution is 0.572. The molecule has 1 N–H and O–H groups in total. The van der Waals surface area contributed by atoms with Gasteiger partial charge in [0.25, 0.3) is 0 Å². The Morgan fingerprint density at radius 2 is 2.00 bits per heavy atom. The van der Waals surface area contributed by atoms with E-state index in [0.717, 1.165) is 37.0 Å². The summed E-state index contributed by atoms with van der Waals surface area (Å²) in [6, 6.07) is 2.54. The minimum absolute atomic E-state index is 0.452. The summed E-state index contributed by atoms with van der Waals surface area (Å²) in [4.78, 5) is 11.4. The van der Waals surface area contributed by atoms with Gasteiger partial charge in [-0.05, 0) is 39.5 Å². The van der Waals surface area contributed by atoms with Gasteiger partial charge >= 0.3 is 0 Å². The molecule has 0 aromatic carbocycles. The van der Waals surface area contributed by atoms with Crippen molar-refractivity contribution in [1.29, 1.82) is 0 Å². The van der Waals surface area contributed by atoms with E-state index in [0.29, 0.717) is 6.04 Å². The molecule has 2 heterocycles. The third-order valence-corrected chi connectivity index (χ3v) is 3.51. The quantitative estimate of drug-likeness (QED) is 0.889.